The van der Waals surface area contributed by atoms with Gasteiger partial charge in [-0.1, -0.05) is 30.0 Å². The SMILES string of the molecule is C[C@H](Sc1nnc(C2CC2)n1-c1ccccc1)C(=O)NNC(=O)c1ccc(F)cc1. The average Bonchev–Trinajstić information content (AvgIpc) is 3.53. The molecule has 1 atom stereocenters. The van der Waals surface area contributed by atoms with Gasteiger partial charge in [0.2, 0.25) is 0 Å². The molecule has 3 aromatic rings. The first kappa shape index (κ1) is 20.1. The molecule has 1 aromatic heterocycles. The summed E-state index contributed by atoms with van der Waals surface area (Å²) in [5.74, 6) is -0.0455. The molecular weight excluding hydrogens is 405 g/mol. The number of rotatable bonds is 6. The van der Waals surface area contributed by atoms with E-state index in [1.807, 2.05) is 34.9 Å². The van der Waals surface area contributed by atoms with E-state index in [1.165, 1.54) is 36.0 Å². The van der Waals surface area contributed by atoms with Crippen LogP contribution in [-0.2, 0) is 4.79 Å². The summed E-state index contributed by atoms with van der Waals surface area (Å²) < 4.78 is 15.0. The minimum absolute atomic E-state index is 0.245. The molecule has 7 nitrogen and oxygen atoms in total. The zero-order valence-corrected chi connectivity index (χ0v) is 17.0. The molecule has 0 saturated heterocycles. The van der Waals surface area contributed by atoms with E-state index in [-0.39, 0.29) is 11.5 Å². The molecule has 0 unspecified atom stereocenters. The fourth-order valence-corrected chi connectivity index (χ4v) is 3.76. The number of nitrogens with zero attached hydrogens (tertiary/aromatic N) is 3. The van der Waals surface area contributed by atoms with Crippen LogP contribution in [-0.4, -0.2) is 31.8 Å². The minimum Gasteiger partial charge on any atom is -0.274 e. The monoisotopic (exact) mass is 425 g/mol. The first-order valence-electron chi connectivity index (χ1n) is 9.56. The molecule has 9 heteroatoms. The predicted molar refractivity (Wildman–Crippen MR) is 111 cm³/mol. The maximum atomic E-state index is 13.0. The quantitative estimate of drug-likeness (QED) is 0.468. The molecule has 2 N–H and O–H groups in total. The van der Waals surface area contributed by atoms with Gasteiger partial charge < -0.3 is 0 Å². The van der Waals surface area contributed by atoms with Crippen LogP contribution in [0.3, 0.4) is 0 Å². The predicted octanol–water partition coefficient (Wildman–Crippen LogP) is 3.23. The minimum atomic E-state index is -0.530. The number of nitrogens with one attached hydrogen (secondary N) is 2. The number of hydrogen-bond donors (Lipinski definition) is 2. The van der Waals surface area contributed by atoms with Crippen LogP contribution in [0, 0.1) is 5.82 Å². The molecule has 0 bridgehead atoms. The molecule has 0 spiro atoms. The summed E-state index contributed by atoms with van der Waals surface area (Å²) in [5, 5.41) is 8.74. The van der Waals surface area contributed by atoms with Crippen LogP contribution in [0.2, 0.25) is 0 Å². The third kappa shape index (κ3) is 4.51. The van der Waals surface area contributed by atoms with Crippen LogP contribution in [0.15, 0.2) is 59.8 Å². The van der Waals surface area contributed by atoms with Gasteiger partial charge in [-0.15, -0.1) is 10.2 Å². The number of amides is 2. The molecule has 0 aliphatic heterocycles. The van der Waals surface area contributed by atoms with Gasteiger partial charge in [-0.25, -0.2) is 4.39 Å². The lowest BCUT2D eigenvalue weighted by Crippen LogP contribution is -2.45. The summed E-state index contributed by atoms with van der Waals surface area (Å²) in [7, 11) is 0. The number of aromatic nitrogens is 3. The first-order chi connectivity index (χ1) is 14.5. The van der Waals surface area contributed by atoms with Crippen molar-refractivity contribution in [2.45, 2.75) is 36.1 Å². The number of thioether (sulfide) groups is 1. The maximum Gasteiger partial charge on any atom is 0.269 e. The molecule has 30 heavy (non-hydrogen) atoms. The van der Waals surface area contributed by atoms with E-state index >= 15 is 0 Å². The number of carbonyl (C=O) groups excluding carboxylic acids is 2. The Kier molecular flexibility index (Phi) is 5.80. The zero-order valence-electron chi connectivity index (χ0n) is 16.2. The Morgan fingerprint density at radius 1 is 1.07 bits per heavy atom. The lowest BCUT2D eigenvalue weighted by molar-refractivity contribution is -0.121. The lowest BCUT2D eigenvalue weighted by atomic mass is 10.2. The van der Waals surface area contributed by atoms with Crippen molar-refractivity contribution in [2.24, 2.45) is 0 Å². The Morgan fingerprint density at radius 3 is 2.43 bits per heavy atom. The number of hydrogen-bond acceptors (Lipinski definition) is 5. The van der Waals surface area contributed by atoms with Crippen molar-refractivity contribution in [1.82, 2.24) is 25.6 Å². The molecule has 1 fully saturated rings. The molecule has 154 valence electrons. The van der Waals surface area contributed by atoms with Crippen LogP contribution in [0.5, 0.6) is 0 Å². The highest BCUT2D eigenvalue weighted by Gasteiger charge is 2.31. The van der Waals surface area contributed by atoms with Crippen molar-refractivity contribution in [3.8, 4) is 5.69 Å². The van der Waals surface area contributed by atoms with E-state index in [9.17, 15) is 14.0 Å². The lowest BCUT2D eigenvalue weighted by Gasteiger charge is -2.14. The van der Waals surface area contributed by atoms with Crippen LogP contribution >= 0.6 is 11.8 Å². The van der Waals surface area contributed by atoms with Gasteiger partial charge in [0.1, 0.15) is 11.6 Å². The molecule has 1 heterocycles. The van der Waals surface area contributed by atoms with Crippen molar-refractivity contribution in [3.05, 3.63) is 71.8 Å². The fraction of sp³-hybridized carbons (Fsp3) is 0.238. The number of halogens is 1. The topological polar surface area (TPSA) is 88.9 Å². The number of carbonyl (C=O) groups is 2. The van der Waals surface area contributed by atoms with Gasteiger partial charge in [-0.2, -0.15) is 0 Å². The number of para-hydroxylation sites is 1. The molecule has 0 radical (unpaired) electrons. The van der Waals surface area contributed by atoms with Gasteiger partial charge in [0.25, 0.3) is 11.8 Å². The summed E-state index contributed by atoms with van der Waals surface area (Å²) in [5.41, 5.74) is 5.95. The molecule has 2 amide bonds. The van der Waals surface area contributed by atoms with E-state index in [1.54, 1.807) is 6.92 Å². The van der Waals surface area contributed by atoms with Crippen molar-refractivity contribution in [1.29, 1.82) is 0 Å². The maximum absolute atomic E-state index is 13.0. The Hall–Kier alpha value is -3.20. The standard InChI is InChI=1S/C21H20FN5O2S/c1-13(19(28)24-25-20(29)15-9-11-16(22)12-10-15)30-21-26-23-18(14-7-8-14)27(21)17-5-3-2-4-6-17/h2-6,9-14H,7-8H2,1H3,(H,24,28)(H,25,29)/t13-/m0/s1. The second kappa shape index (κ2) is 8.66. The van der Waals surface area contributed by atoms with Crippen molar-refractivity contribution < 1.29 is 14.0 Å². The number of benzene rings is 2. The summed E-state index contributed by atoms with van der Waals surface area (Å²) in [6, 6.07) is 14.8. The Morgan fingerprint density at radius 2 is 1.77 bits per heavy atom. The van der Waals surface area contributed by atoms with E-state index in [4.69, 9.17) is 0 Å². The highest BCUT2D eigenvalue weighted by molar-refractivity contribution is 8.00. The molecule has 1 aliphatic carbocycles. The van der Waals surface area contributed by atoms with E-state index < -0.39 is 17.0 Å². The van der Waals surface area contributed by atoms with Crippen molar-refractivity contribution >= 4 is 23.6 Å². The van der Waals surface area contributed by atoms with Crippen molar-refractivity contribution in [3.63, 3.8) is 0 Å². The Bertz CT molecular complexity index is 1050. The fourth-order valence-electron chi connectivity index (χ4n) is 2.89. The average molecular weight is 425 g/mol. The second-order valence-corrected chi connectivity index (χ2v) is 8.30. The van der Waals surface area contributed by atoms with Crippen LogP contribution < -0.4 is 10.9 Å². The van der Waals surface area contributed by atoms with Crippen LogP contribution in [0.4, 0.5) is 4.39 Å². The van der Waals surface area contributed by atoms with E-state index in [0.29, 0.717) is 11.1 Å². The summed E-state index contributed by atoms with van der Waals surface area (Å²) in [6.45, 7) is 1.73. The van der Waals surface area contributed by atoms with Crippen LogP contribution in [0.1, 0.15) is 41.9 Å². The van der Waals surface area contributed by atoms with Gasteiger partial charge in [0.05, 0.1) is 5.25 Å². The van der Waals surface area contributed by atoms with Gasteiger partial charge in [-0.3, -0.25) is 25.0 Å². The highest BCUT2D eigenvalue weighted by Crippen LogP contribution is 2.41. The molecule has 2 aromatic carbocycles. The van der Waals surface area contributed by atoms with Crippen LogP contribution in [0.25, 0.3) is 5.69 Å². The molecule has 1 saturated carbocycles. The van der Waals surface area contributed by atoms with Gasteiger partial charge in [-0.05, 0) is 56.2 Å². The Labute approximate surface area is 177 Å². The summed E-state index contributed by atoms with van der Waals surface area (Å²) >= 11 is 1.27. The first-order valence-corrected chi connectivity index (χ1v) is 10.4. The zero-order chi connectivity index (χ0) is 21.1. The van der Waals surface area contributed by atoms with Crippen molar-refractivity contribution in [2.75, 3.05) is 0 Å². The summed E-state index contributed by atoms with van der Waals surface area (Å²) in [6.07, 6.45) is 2.17. The molecule has 4 rings (SSSR count). The summed E-state index contributed by atoms with van der Waals surface area (Å²) in [4.78, 5) is 24.6. The number of hydrazine groups is 1. The molecular formula is C21H20FN5O2S. The molecule has 1 aliphatic rings. The van der Waals surface area contributed by atoms with Gasteiger partial charge >= 0.3 is 0 Å². The Balaban J connectivity index is 1.42. The largest absolute Gasteiger partial charge is 0.274 e. The van der Waals surface area contributed by atoms with Gasteiger partial charge in [0.15, 0.2) is 5.16 Å². The highest BCUT2D eigenvalue weighted by atomic mass is 32.2. The normalized spacial score (nSPS) is 14.2. The van der Waals surface area contributed by atoms with E-state index in [2.05, 4.69) is 21.0 Å². The van der Waals surface area contributed by atoms with E-state index in [0.717, 1.165) is 24.4 Å². The third-order valence-corrected chi connectivity index (χ3v) is 5.72. The smallest absolute Gasteiger partial charge is 0.269 e. The second-order valence-electron chi connectivity index (χ2n) is 7.00. The third-order valence-electron chi connectivity index (χ3n) is 4.67. The van der Waals surface area contributed by atoms with Gasteiger partial charge in [0, 0.05) is 17.2 Å².